The Labute approximate surface area is 102 Å². The van der Waals surface area contributed by atoms with Crippen molar-refractivity contribution in [3.05, 3.63) is 23.9 Å². The highest BCUT2D eigenvalue weighted by molar-refractivity contribution is 5.41. The summed E-state index contributed by atoms with van der Waals surface area (Å²) in [6.45, 7) is 7.55. The van der Waals surface area contributed by atoms with E-state index >= 15 is 0 Å². The summed E-state index contributed by atoms with van der Waals surface area (Å²) in [7, 11) is 0. The van der Waals surface area contributed by atoms with Crippen molar-refractivity contribution < 1.29 is 9.84 Å². The number of aromatic nitrogens is 1. The first-order chi connectivity index (χ1) is 8.08. The van der Waals surface area contributed by atoms with E-state index in [2.05, 4.69) is 23.7 Å². The van der Waals surface area contributed by atoms with Crippen LogP contribution in [0, 0.1) is 0 Å². The van der Waals surface area contributed by atoms with E-state index in [-0.39, 0.29) is 6.10 Å². The van der Waals surface area contributed by atoms with Crippen molar-refractivity contribution >= 4 is 5.82 Å². The van der Waals surface area contributed by atoms with Crippen LogP contribution in [0.1, 0.15) is 32.4 Å². The highest BCUT2D eigenvalue weighted by Gasteiger charge is 2.24. The monoisotopic (exact) mass is 236 g/mol. The van der Waals surface area contributed by atoms with Gasteiger partial charge < -0.3 is 14.7 Å². The van der Waals surface area contributed by atoms with Crippen molar-refractivity contribution in [2.24, 2.45) is 0 Å². The van der Waals surface area contributed by atoms with Gasteiger partial charge in [0.2, 0.25) is 0 Å². The molecule has 0 saturated carbocycles. The van der Waals surface area contributed by atoms with Crippen molar-refractivity contribution in [2.45, 2.75) is 39.0 Å². The van der Waals surface area contributed by atoms with E-state index in [1.807, 2.05) is 12.1 Å². The fourth-order valence-electron chi connectivity index (χ4n) is 2.04. The van der Waals surface area contributed by atoms with Crippen LogP contribution in [0.2, 0.25) is 0 Å². The molecule has 2 rings (SSSR count). The summed E-state index contributed by atoms with van der Waals surface area (Å²) in [5, 5.41) is 9.45. The van der Waals surface area contributed by atoms with Crippen LogP contribution >= 0.6 is 0 Å². The molecule has 1 N–H and O–H groups in total. The number of rotatable bonds is 2. The zero-order chi connectivity index (χ0) is 12.4. The van der Waals surface area contributed by atoms with Gasteiger partial charge in [-0.15, -0.1) is 0 Å². The quantitative estimate of drug-likeness (QED) is 0.849. The molecular weight excluding hydrogens is 216 g/mol. The third-order valence-electron chi connectivity index (χ3n) is 3.16. The Balaban J connectivity index is 2.15. The van der Waals surface area contributed by atoms with Gasteiger partial charge in [-0.05, 0) is 32.4 Å². The summed E-state index contributed by atoms with van der Waals surface area (Å²) < 4.78 is 5.59. The first-order valence-electron chi connectivity index (χ1n) is 6.10. The average molecular weight is 236 g/mol. The maximum absolute atomic E-state index is 9.45. The highest BCUT2D eigenvalue weighted by atomic mass is 16.5. The lowest BCUT2D eigenvalue weighted by molar-refractivity contribution is 0.0340. The second-order valence-corrected chi connectivity index (χ2v) is 4.77. The molecule has 2 heterocycles. The Morgan fingerprint density at radius 1 is 1.47 bits per heavy atom. The molecule has 1 aromatic heterocycles. The molecule has 17 heavy (non-hydrogen) atoms. The van der Waals surface area contributed by atoms with Crippen LogP contribution in [0.4, 0.5) is 5.82 Å². The summed E-state index contributed by atoms with van der Waals surface area (Å²) in [4.78, 5) is 6.67. The first kappa shape index (κ1) is 12.3. The van der Waals surface area contributed by atoms with Crippen LogP contribution < -0.4 is 4.90 Å². The molecule has 3 atom stereocenters. The van der Waals surface area contributed by atoms with Gasteiger partial charge in [-0.25, -0.2) is 4.98 Å². The lowest BCUT2D eigenvalue weighted by Crippen LogP contribution is -2.47. The second kappa shape index (κ2) is 5.02. The van der Waals surface area contributed by atoms with Crippen molar-refractivity contribution in [2.75, 3.05) is 18.1 Å². The summed E-state index contributed by atoms with van der Waals surface area (Å²) in [5.74, 6) is 0.956. The number of hydrogen-bond acceptors (Lipinski definition) is 4. The van der Waals surface area contributed by atoms with Crippen LogP contribution in [0.5, 0.6) is 0 Å². The SMILES string of the molecule is CC1CN(c2ccc([C@@H](C)O)cn2)C(C)CO1. The number of hydrogen-bond donors (Lipinski definition) is 1. The van der Waals surface area contributed by atoms with Crippen LogP contribution in [-0.2, 0) is 4.74 Å². The molecule has 0 aliphatic carbocycles. The Kier molecular flexibility index (Phi) is 3.64. The minimum absolute atomic E-state index is 0.240. The van der Waals surface area contributed by atoms with E-state index in [1.54, 1.807) is 13.1 Å². The topological polar surface area (TPSA) is 45.6 Å². The number of nitrogens with zero attached hydrogens (tertiary/aromatic N) is 2. The van der Waals surface area contributed by atoms with Gasteiger partial charge in [0.15, 0.2) is 0 Å². The van der Waals surface area contributed by atoms with E-state index in [1.165, 1.54) is 0 Å². The molecular formula is C13H20N2O2. The van der Waals surface area contributed by atoms with Crippen molar-refractivity contribution in [3.8, 4) is 0 Å². The van der Waals surface area contributed by atoms with Crippen LogP contribution in [0.3, 0.4) is 0 Å². The molecule has 1 aromatic rings. The predicted molar refractivity (Wildman–Crippen MR) is 67.1 cm³/mol. The molecule has 0 amide bonds. The van der Waals surface area contributed by atoms with Gasteiger partial charge in [-0.3, -0.25) is 0 Å². The van der Waals surface area contributed by atoms with Gasteiger partial charge in [0, 0.05) is 12.7 Å². The number of pyridine rings is 1. The Morgan fingerprint density at radius 2 is 2.24 bits per heavy atom. The van der Waals surface area contributed by atoms with Crippen molar-refractivity contribution in [3.63, 3.8) is 0 Å². The number of anilines is 1. The Hall–Kier alpha value is -1.13. The average Bonchev–Trinajstić information content (AvgIpc) is 2.32. The first-order valence-corrected chi connectivity index (χ1v) is 6.10. The molecule has 1 fully saturated rings. The maximum Gasteiger partial charge on any atom is 0.128 e. The number of aliphatic hydroxyl groups excluding tert-OH is 1. The lowest BCUT2D eigenvalue weighted by Gasteiger charge is -2.37. The van der Waals surface area contributed by atoms with Crippen molar-refractivity contribution in [1.82, 2.24) is 4.98 Å². The number of ether oxygens (including phenoxy) is 1. The predicted octanol–water partition coefficient (Wildman–Crippen LogP) is 1.75. The molecule has 1 aliphatic rings. The highest BCUT2D eigenvalue weighted by Crippen LogP contribution is 2.21. The van der Waals surface area contributed by atoms with E-state index in [4.69, 9.17) is 4.74 Å². The van der Waals surface area contributed by atoms with Gasteiger partial charge in [-0.1, -0.05) is 6.07 Å². The van der Waals surface area contributed by atoms with Gasteiger partial charge >= 0.3 is 0 Å². The Morgan fingerprint density at radius 3 is 2.82 bits per heavy atom. The van der Waals surface area contributed by atoms with Gasteiger partial charge in [0.1, 0.15) is 5.82 Å². The van der Waals surface area contributed by atoms with Crippen LogP contribution in [0.15, 0.2) is 18.3 Å². The molecule has 4 nitrogen and oxygen atoms in total. The molecule has 0 radical (unpaired) electrons. The maximum atomic E-state index is 9.45. The summed E-state index contributed by atoms with van der Waals surface area (Å²) in [5.41, 5.74) is 0.850. The third kappa shape index (κ3) is 2.76. The van der Waals surface area contributed by atoms with Crippen LogP contribution in [-0.4, -0.2) is 35.4 Å². The van der Waals surface area contributed by atoms with E-state index in [0.717, 1.165) is 24.5 Å². The zero-order valence-corrected chi connectivity index (χ0v) is 10.6. The molecule has 0 aromatic carbocycles. The number of aliphatic hydroxyl groups is 1. The minimum Gasteiger partial charge on any atom is -0.389 e. The summed E-state index contributed by atoms with van der Waals surface area (Å²) >= 11 is 0. The van der Waals surface area contributed by atoms with Gasteiger partial charge in [-0.2, -0.15) is 0 Å². The summed E-state index contributed by atoms with van der Waals surface area (Å²) in [6, 6.07) is 4.24. The molecule has 4 heteroatoms. The standard InChI is InChI=1S/C13H20N2O2/c1-9-8-17-10(2)7-15(9)13-5-4-12(6-14-13)11(3)16/h4-6,9-11,16H,7-8H2,1-3H3/t9?,10?,11-/m1/s1. The van der Waals surface area contributed by atoms with Gasteiger partial charge in [0.05, 0.1) is 24.9 Å². The molecule has 2 unspecified atom stereocenters. The molecule has 94 valence electrons. The minimum atomic E-state index is -0.461. The largest absolute Gasteiger partial charge is 0.389 e. The fraction of sp³-hybridized carbons (Fsp3) is 0.615. The molecule has 1 saturated heterocycles. The fourth-order valence-corrected chi connectivity index (χ4v) is 2.04. The second-order valence-electron chi connectivity index (χ2n) is 4.77. The zero-order valence-electron chi connectivity index (χ0n) is 10.6. The molecule has 0 bridgehead atoms. The van der Waals surface area contributed by atoms with Gasteiger partial charge in [0.25, 0.3) is 0 Å². The third-order valence-corrected chi connectivity index (χ3v) is 3.16. The molecule has 1 aliphatic heterocycles. The number of morpholine rings is 1. The van der Waals surface area contributed by atoms with E-state index < -0.39 is 6.10 Å². The van der Waals surface area contributed by atoms with Crippen molar-refractivity contribution in [1.29, 1.82) is 0 Å². The smallest absolute Gasteiger partial charge is 0.128 e. The molecule has 0 spiro atoms. The lowest BCUT2D eigenvalue weighted by atomic mass is 10.1. The normalized spacial score (nSPS) is 26.9. The van der Waals surface area contributed by atoms with Crippen LogP contribution in [0.25, 0.3) is 0 Å². The van der Waals surface area contributed by atoms with E-state index in [9.17, 15) is 5.11 Å². The summed E-state index contributed by atoms with van der Waals surface area (Å²) in [6.07, 6.45) is 1.52. The Bertz CT molecular complexity index is 364. The van der Waals surface area contributed by atoms with E-state index in [0.29, 0.717) is 6.04 Å².